The van der Waals surface area contributed by atoms with Gasteiger partial charge in [0, 0.05) is 26.4 Å². The van der Waals surface area contributed by atoms with Crippen LogP contribution in [0.15, 0.2) is 0 Å². The zero-order valence-electron chi connectivity index (χ0n) is 9.12. The highest BCUT2D eigenvalue weighted by Gasteiger charge is 2.06. The molecule has 4 nitrogen and oxygen atoms in total. The van der Waals surface area contributed by atoms with Crippen LogP contribution in [0.4, 0.5) is 0 Å². The minimum absolute atomic E-state index is 0.208. The second kappa shape index (κ2) is 10.4. The molecule has 0 aromatic carbocycles. The molecule has 2 N–H and O–H groups in total. The predicted octanol–water partition coefficient (Wildman–Crippen LogP) is 0.666. The van der Waals surface area contributed by atoms with Crippen LogP contribution in [0, 0.1) is 0 Å². The van der Waals surface area contributed by atoms with Gasteiger partial charge in [0.15, 0.2) is 0 Å². The van der Waals surface area contributed by atoms with E-state index in [0.29, 0.717) is 12.2 Å². The van der Waals surface area contributed by atoms with Crippen molar-refractivity contribution in [3.63, 3.8) is 0 Å². The van der Waals surface area contributed by atoms with E-state index in [2.05, 4.69) is 18.4 Å². The third-order valence-corrected chi connectivity index (χ3v) is 1.67. The molecular weight excluding hydrogens is 200 g/mol. The van der Waals surface area contributed by atoms with Crippen molar-refractivity contribution in [1.82, 2.24) is 4.90 Å². The average Bonchev–Trinajstić information content (AvgIpc) is 2.06. The van der Waals surface area contributed by atoms with Crippen LogP contribution < -0.4 is 5.73 Å². The van der Waals surface area contributed by atoms with Crippen molar-refractivity contribution in [3.05, 3.63) is 0 Å². The fourth-order valence-electron chi connectivity index (χ4n) is 0.830. The van der Waals surface area contributed by atoms with Crippen molar-refractivity contribution in [2.75, 3.05) is 18.8 Å². The molecule has 0 aliphatic rings. The summed E-state index contributed by atoms with van der Waals surface area (Å²) in [5.41, 5.74) is 4.47. The number of thiol groups is 1. The molecule has 0 saturated carbocycles. The van der Waals surface area contributed by atoms with Gasteiger partial charge >= 0.3 is 0 Å². The maximum absolute atomic E-state index is 11.1. The quantitative estimate of drug-likeness (QED) is 0.684. The van der Waals surface area contributed by atoms with Crippen LogP contribution in [-0.2, 0) is 9.59 Å². The van der Waals surface area contributed by atoms with Crippen molar-refractivity contribution >= 4 is 24.4 Å². The van der Waals surface area contributed by atoms with E-state index in [1.54, 1.807) is 0 Å². The molecule has 0 unspecified atom stereocenters. The predicted molar refractivity (Wildman–Crippen MR) is 61.3 cm³/mol. The summed E-state index contributed by atoms with van der Waals surface area (Å²) in [6, 6.07) is 0. The normalized spacial score (nSPS) is 8.57. The smallest absolute Gasteiger partial charge is 0.223 e. The summed E-state index contributed by atoms with van der Waals surface area (Å²) in [5.74, 6) is 0.523. The number of nitrogens with zero attached hydrogens (tertiary/aromatic N) is 1. The second-order valence-electron chi connectivity index (χ2n) is 2.65. The molecule has 84 valence electrons. The Morgan fingerprint density at radius 2 is 1.64 bits per heavy atom. The number of rotatable bonds is 4. The lowest BCUT2D eigenvalue weighted by Gasteiger charge is -2.17. The highest BCUT2D eigenvalue weighted by atomic mass is 32.1. The highest BCUT2D eigenvalue weighted by Crippen LogP contribution is 1.94. The van der Waals surface area contributed by atoms with E-state index in [1.165, 1.54) is 6.92 Å². The average molecular weight is 220 g/mol. The molecule has 0 spiro atoms. The minimum atomic E-state index is -0.333. The van der Waals surface area contributed by atoms with E-state index >= 15 is 0 Å². The van der Waals surface area contributed by atoms with Gasteiger partial charge < -0.3 is 10.6 Å². The fraction of sp³-hybridized carbons (Fsp3) is 0.778. The number of primary amides is 1. The summed E-state index contributed by atoms with van der Waals surface area (Å²) in [5, 5.41) is 0. The van der Waals surface area contributed by atoms with Crippen molar-refractivity contribution in [3.8, 4) is 0 Å². The zero-order valence-corrected chi connectivity index (χ0v) is 10.0. The maximum atomic E-state index is 11.1. The van der Waals surface area contributed by atoms with Crippen molar-refractivity contribution < 1.29 is 9.59 Å². The topological polar surface area (TPSA) is 63.4 Å². The van der Waals surface area contributed by atoms with Crippen molar-refractivity contribution in [2.24, 2.45) is 5.73 Å². The summed E-state index contributed by atoms with van der Waals surface area (Å²) >= 11 is 3.98. The third kappa shape index (κ3) is 11.3. The van der Waals surface area contributed by atoms with Gasteiger partial charge in [-0.1, -0.05) is 0 Å². The van der Waals surface area contributed by atoms with Crippen LogP contribution in [-0.4, -0.2) is 35.6 Å². The van der Waals surface area contributed by atoms with Gasteiger partial charge in [-0.2, -0.15) is 12.6 Å². The number of nitrogens with two attached hydrogens (primary N) is 1. The van der Waals surface area contributed by atoms with Gasteiger partial charge in [-0.15, -0.1) is 0 Å². The molecule has 5 heteroatoms. The van der Waals surface area contributed by atoms with Crippen molar-refractivity contribution in [2.45, 2.75) is 27.2 Å². The summed E-state index contributed by atoms with van der Waals surface area (Å²) in [6.45, 7) is 6.89. The highest BCUT2D eigenvalue weighted by molar-refractivity contribution is 7.80. The van der Waals surface area contributed by atoms with Crippen LogP contribution in [0.25, 0.3) is 0 Å². The van der Waals surface area contributed by atoms with Gasteiger partial charge in [0.1, 0.15) is 0 Å². The molecule has 0 atom stereocenters. The van der Waals surface area contributed by atoms with E-state index in [1.807, 2.05) is 18.7 Å². The molecule has 0 rings (SSSR count). The molecule has 0 fully saturated rings. The lowest BCUT2D eigenvalue weighted by atomic mass is 10.4. The van der Waals surface area contributed by atoms with Gasteiger partial charge in [0.05, 0.1) is 0 Å². The van der Waals surface area contributed by atoms with E-state index in [9.17, 15) is 9.59 Å². The lowest BCUT2D eigenvalue weighted by molar-refractivity contribution is -0.130. The van der Waals surface area contributed by atoms with E-state index in [-0.39, 0.29) is 11.8 Å². The van der Waals surface area contributed by atoms with Crippen LogP contribution in [0.1, 0.15) is 27.2 Å². The number of amides is 2. The molecule has 0 aliphatic carbocycles. The van der Waals surface area contributed by atoms with E-state index in [0.717, 1.165) is 13.1 Å². The fourth-order valence-corrected chi connectivity index (χ4v) is 1.02. The monoisotopic (exact) mass is 220 g/mol. The summed E-state index contributed by atoms with van der Waals surface area (Å²) < 4.78 is 0. The molecule has 14 heavy (non-hydrogen) atoms. The minimum Gasteiger partial charge on any atom is -0.370 e. The Labute approximate surface area is 91.2 Å². The number of hydrogen-bond acceptors (Lipinski definition) is 3. The molecular formula is C9H20N2O2S. The lowest BCUT2D eigenvalue weighted by Crippen LogP contribution is -2.30. The molecule has 0 bridgehead atoms. The Morgan fingerprint density at radius 1 is 1.29 bits per heavy atom. The summed E-state index contributed by atoms with van der Waals surface area (Å²) in [7, 11) is 0. The summed E-state index contributed by atoms with van der Waals surface area (Å²) in [6.07, 6.45) is 0.560. The van der Waals surface area contributed by atoms with Crippen LogP contribution in [0.3, 0.4) is 0 Å². The number of hydrogen-bond donors (Lipinski definition) is 2. The molecule has 0 heterocycles. The first kappa shape index (κ1) is 15.7. The van der Waals surface area contributed by atoms with Gasteiger partial charge in [0.25, 0.3) is 0 Å². The first-order valence-electron chi connectivity index (χ1n) is 4.64. The van der Waals surface area contributed by atoms with Gasteiger partial charge in [-0.25, -0.2) is 0 Å². The maximum Gasteiger partial charge on any atom is 0.223 e. The molecule has 0 radical (unpaired) electrons. The zero-order chi connectivity index (χ0) is 11.6. The second-order valence-corrected chi connectivity index (χ2v) is 3.10. The van der Waals surface area contributed by atoms with E-state index < -0.39 is 0 Å². The standard InChI is InChI=1S/C7H15NOS.C2H5NO/c1-3-8(4-2)7(9)5-6-10;1-2(3)4/h10H,3-6H2,1-2H3;1H3,(H2,3,4). The Hall–Kier alpha value is -0.710. The van der Waals surface area contributed by atoms with Gasteiger partial charge in [-0.3, -0.25) is 9.59 Å². The summed E-state index contributed by atoms with van der Waals surface area (Å²) in [4.78, 5) is 22.1. The number of carbonyl (C=O) groups is 2. The number of carbonyl (C=O) groups excluding carboxylic acids is 2. The van der Waals surface area contributed by atoms with Crippen LogP contribution in [0.2, 0.25) is 0 Å². The first-order valence-corrected chi connectivity index (χ1v) is 5.27. The molecule has 0 aromatic heterocycles. The molecule has 0 aromatic rings. The Bertz CT molecular complexity index is 166. The van der Waals surface area contributed by atoms with Gasteiger partial charge in [0.2, 0.25) is 11.8 Å². The largest absolute Gasteiger partial charge is 0.370 e. The van der Waals surface area contributed by atoms with Gasteiger partial charge in [-0.05, 0) is 19.6 Å². The Balaban J connectivity index is 0. The Morgan fingerprint density at radius 3 is 1.86 bits per heavy atom. The SMILES string of the molecule is CC(N)=O.CCN(CC)C(=O)CCS. The molecule has 0 aliphatic heterocycles. The molecule has 0 saturated heterocycles. The Kier molecular flexibility index (Phi) is 11.7. The third-order valence-electron chi connectivity index (χ3n) is 1.44. The van der Waals surface area contributed by atoms with Crippen LogP contribution in [0.5, 0.6) is 0 Å². The molecule has 2 amide bonds. The van der Waals surface area contributed by atoms with Crippen LogP contribution >= 0.6 is 12.6 Å². The first-order chi connectivity index (χ1) is 6.49. The van der Waals surface area contributed by atoms with Crippen molar-refractivity contribution in [1.29, 1.82) is 0 Å². The van der Waals surface area contributed by atoms with E-state index in [4.69, 9.17) is 0 Å².